The fourth-order valence-corrected chi connectivity index (χ4v) is 1.45. The lowest BCUT2D eigenvalue weighted by Crippen LogP contribution is -2.27. The molecular formula is C11H11N5O3. The number of H-pyrrole nitrogens is 1. The summed E-state index contributed by atoms with van der Waals surface area (Å²) in [5, 5.41) is 15.1. The molecule has 0 saturated carbocycles. The van der Waals surface area contributed by atoms with Crippen molar-refractivity contribution in [1.82, 2.24) is 25.1 Å². The fraction of sp³-hybridized carbons (Fsp3) is 0.182. The number of carbonyl (C=O) groups excluding carboxylic acids is 1. The molecule has 0 aliphatic rings. The summed E-state index contributed by atoms with van der Waals surface area (Å²) in [5.41, 5.74) is 0.210. The van der Waals surface area contributed by atoms with E-state index in [1.165, 1.54) is 23.4 Å². The van der Waals surface area contributed by atoms with Crippen LogP contribution in [0.4, 0.5) is 0 Å². The summed E-state index contributed by atoms with van der Waals surface area (Å²) in [6.07, 6.45) is 2.51. The summed E-state index contributed by atoms with van der Waals surface area (Å²) in [6, 6.07) is 2.72. The van der Waals surface area contributed by atoms with Crippen molar-refractivity contribution in [3.63, 3.8) is 0 Å². The molecule has 0 saturated heterocycles. The van der Waals surface area contributed by atoms with Gasteiger partial charge in [0, 0.05) is 13.2 Å². The largest absolute Gasteiger partial charge is 0.478 e. The van der Waals surface area contributed by atoms with Gasteiger partial charge in [0.15, 0.2) is 0 Å². The Kier molecular flexibility index (Phi) is 3.51. The van der Waals surface area contributed by atoms with Crippen LogP contribution in [-0.4, -0.2) is 49.1 Å². The first-order chi connectivity index (χ1) is 9.08. The van der Waals surface area contributed by atoms with E-state index in [0.717, 1.165) is 6.20 Å². The quantitative estimate of drug-likeness (QED) is 0.811. The van der Waals surface area contributed by atoms with Crippen LogP contribution in [0.15, 0.2) is 24.7 Å². The van der Waals surface area contributed by atoms with Crippen molar-refractivity contribution in [2.45, 2.75) is 6.54 Å². The Bertz CT molecular complexity index is 579. The fourth-order valence-electron chi connectivity index (χ4n) is 1.45. The van der Waals surface area contributed by atoms with Crippen molar-refractivity contribution in [2.24, 2.45) is 0 Å². The molecule has 19 heavy (non-hydrogen) atoms. The third kappa shape index (κ3) is 2.92. The molecule has 0 spiro atoms. The highest BCUT2D eigenvalue weighted by atomic mass is 16.4. The second-order valence-electron chi connectivity index (χ2n) is 3.83. The van der Waals surface area contributed by atoms with E-state index in [-0.39, 0.29) is 23.7 Å². The zero-order chi connectivity index (χ0) is 13.8. The van der Waals surface area contributed by atoms with Crippen LogP contribution < -0.4 is 0 Å². The molecule has 1 amide bonds. The van der Waals surface area contributed by atoms with Gasteiger partial charge in [-0.2, -0.15) is 5.10 Å². The Labute approximate surface area is 108 Å². The van der Waals surface area contributed by atoms with E-state index in [4.69, 9.17) is 5.11 Å². The zero-order valence-corrected chi connectivity index (χ0v) is 10.1. The molecule has 8 heteroatoms. The third-order valence-corrected chi connectivity index (χ3v) is 2.43. The maximum Gasteiger partial charge on any atom is 0.337 e. The van der Waals surface area contributed by atoms with Crippen molar-refractivity contribution in [3.05, 3.63) is 41.7 Å². The molecule has 0 aromatic carbocycles. The van der Waals surface area contributed by atoms with Crippen molar-refractivity contribution in [1.29, 1.82) is 0 Å². The number of aromatic carboxylic acids is 1. The molecule has 2 aromatic rings. The number of carbonyl (C=O) groups is 2. The van der Waals surface area contributed by atoms with Crippen LogP contribution in [0.3, 0.4) is 0 Å². The Morgan fingerprint density at radius 1 is 1.37 bits per heavy atom. The van der Waals surface area contributed by atoms with Gasteiger partial charge in [-0.15, -0.1) is 0 Å². The first-order valence-corrected chi connectivity index (χ1v) is 5.37. The maximum atomic E-state index is 12.0. The van der Waals surface area contributed by atoms with Gasteiger partial charge in [0.05, 0.1) is 12.1 Å². The lowest BCUT2D eigenvalue weighted by Gasteiger charge is -2.14. The number of nitrogens with one attached hydrogen (secondary N) is 1. The van der Waals surface area contributed by atoms with Crippen LogP contribution in [0.25, 0.3) is 0 Å². The smallest absolute Gasteiger partial charge is 0.337 e. The Balaban J connectivity index is 2.08. The number of hydrogen-bond acceptors (Lipinski definition) is 5. The number of rotatable bonds is 4. The van der Waals surface area contributed by atoms with Gasteiger partial charge in [-0.25, -0.2) is 9.78 Å². The van der Waals surface area contributed by atoms with Gasteiger partial charge in [-0.3, -0.25) is 14.9 Å². The van der Waals surface area contributed by atoms with Crippen molar-refractivity contribution in [3.8, 4) is 0 Å². The lowest BCUT2D eigenvalue weighted by molar-refractivity contribution is 0.0693. The Hall–Kier alpha value is -2.77. The molecule has 2 rings (SSSR count). The van der Waals surface area contributed by atoms with Gasteiger partial charge in [-0.05, 0) is 12.1 Å². The maximum absolute atomic E-state index is 12.0. The number of aromatic nitrogens is 4. The number of amides is 1. The summed E-state index contributed by atoms with van der Waals surface area (Å²) in [4.78, 5) is 31.8. The zero-order valence-electron chi connectivity index (χ0n) is 10.1. The Morgan fingerprint density at radius 3 is 2.68 bits per heavy atom. The number of carboxylic acids is 1. The number of pyridine rings is 1. The predicted molar refractivity (Wildman–Crippen MR) is 63.4 cm³/mol. The molecule has 98 valence electrons. The molecular weight excluding hydrogens is 250 g/mol. The first kappa shape index (κ1) is 12.7. The van der Waals surface area contributed by atoms with E-state index in [9.17, 15) is 9.59 Å². The van der Waals surface area contributed by atoms with Crippen LogP contribution in [0.5, 0.6) is 0 Å². The second kappa shape index (κ2) is 5.25. The summed E-state index contributed by atoms with van der Waals surface area (Å²) >= 11 is 0. The number of hydrogen-bond donors (Lipinski definition) is 2. The number of nitrogens with zero attached hydrogens (tertiary/aromatic N) is 4. The first-order valence-electron chi connectivity index (χ1n) is 5.37. The third-order valence-electron chi connectivity index (χ3n) is 2.43. The van der Waals surface area contributed by atoms with Gasteiger partial charge < -0.3 is 10.0 Å². The van der Waals surface area contributed by atoms with E-state index >= 15 is 0 Å². The minimum Gasteiger partial charge on any atom is -0.478 e. The average Bonchev–Trinajstić information content (AvgIpc) is 2.90. The van der Waals surface area contributed by atoms with E-state index in [1.807, 2.05) is 0 Å². The van der Waals surface area contributed by atoms with E-state index in [0.29, 0.717) is 5.82 Å². The van der Waals surface area contributed by atoms with Crippen molar-refractivity contribution < 1.29 is 14.7 Å². The highest BCUT2D eigenvalue weighted by Gasteiger charge is 2.15. The topological polar surface area (TPSA) is 112 Å². The van der Waals surface area contributed by atoms with E-state index in [1.54, 1.807) is 7.05 Å². The SMILES string of the molecule is CN(Cc1ncn[nH]1)C(=O)c1ccc(C(=O)O)cn1. The number of carboxylic acid groups (broad SMARTS) is 1. The average molecular weight is 261 g/mol. The Morgan fingerprint density at radius 2 is 2.16 bits per heavy atom. The van der Waals surface area contributed by atoms with Gasteiger partial charge in [0.1, 0.15) is 17.8 Å². The number of aromatic amines is 1. The summed E-state index contributed by atoms with van der Waals surface area (Å²) in [6.45, 7) is 0.265. The van der Waals surface area contributed by atoms with Crippen LogP contribution in [0.2, 0.25) is 0 Å². The minimum absolute atomic E-state index is 0.0365. The molecule has 0 fully saturated rings. The molecule has 0 unspecified atom stereocenters. The van der Waals surface area contributed by atoms with Gasteiger partial charge in [0.25, 0.3) is 5.91 Å². The summed E-state index contributed by atoms with van der Waals surface area (Å²) < 4.78 is 0. The van der Waals surface area contributed by atoms with Crippen LogP contribution in [-0.2, 0) is 6.54 Å². The molecule has 2 heterocycles. The molecule has 0 bridgehead atoms. The second-order valence-corrected chi connectivity index (χ2v) is 3.83. The normalized spacial score (nSPS) is 10.2. The molecule has 0 aliphatic heterocycles. The van der Waals surface area contributed by atoms with E-state index in [2.05, 4.69) is 20.2 Å². The molecule has 0 atom stereocenters. The molecule has 2 aromatic heterocycles. The van der Waals surface area contributed by atoms with Gasteiger partial charge in [0.2, 0.25) is 0 Å². The summed E-state index contributed by atoms with van der Waals surface area (Å²) in [7, 11) is 1.59. The molecule has 8 nitrogen and oxygen atoms in total. The highest BCUT2D eigenvalue weighted by Crippen LogP contribution is 2.05. The minimum atomic E-state index is -1.08. The van der Waals surface area contributed by atoms with E-state index < -0.39 is 5.97 Å². The summed E-state index contributed by atoms with van der Waals surface area (Å²) in [5.74, 6) is -0.854. The monoisotopic (exact) mass is 261 g/mol. The van der Waals surface area contributed by atoms with Crippen LogP contribution in [0, 0.1) is 0 Å². The molecule has 0 aliphatic carbocycles. The van der Waals surface area contributed by atoms with Crippen molar-refractivity contribution >= 4 is 11.9 Å². The van der Waals surface area contributed by atoms with Crippen molar-refractivity contribution in [2.75, 3.05) is 7.05 Å². The molecule has 0 radical (unpaired) electrons. The molecule has 2 N–H and O–H groups in total. The standard InChI is InChI=1S/C11H11N5O3/c1-16(5-9-13-6-14-15-9)10(17)8-3-2-7(4-12-8)11(18)19/h2-4,6H,5H2,1H3,(H,18,19)(H,13,14,15). The van der Waals surface area contributed by atoms with Crippen LogP contribution in [0.1, 0.15) is 26.7 Å². The highest BCUT2D eigenvalue weighted by molar-refractivity contribution is 5.93. The van der Waals surface area contributed by atoms with Gasteiger partial charge in [-0.1, -0.05) is 0 Å². The van der Waals surface area contributed by atoms with Gasteiger partial charge >= 0.3 is 5.97 Å². The van der Waals surface area contributed by atoms with Crippen LogP contribution >= 0.6 is 0 Å². The predicted octanol–water partition coefficient (Wildman–Crippen LogP) is 0.170. The lowest BCUT2D eigenvalue weighted by atomic mass is 10.2.